The average molecular weight is 358 g/mol. The molecule has 26 heavy (non-hydrogen) atoms. The predicted octanol–water partition coefficient (Wildman–Crippen LogP) is 1.64. The van der Waals surface area contributed by atoms with Gasteiger partial charge in [0.05, 0.1) is 25.8 Å². The summed E-state index contributed by atoms with van der Waals surface area (Å²) in [5.41, 5.74) is 2.89. The standard InChI is InChI=1S/C17H18N4O5/c1-25-13-4-2-12(3-5-13)19-17(23)21-6-7-26-15-8-11(16(22)20-24)9-18-14(15)10-21/h2-5,8-9,24H,6-7,10H2,1H3,(H,19,23)(H,20,22). The van der Waals surface area contributed by atoms with Crippen LogP contribution in [-0.4, -0.2) is 47.3 Å². The third kappa shape index (κ3) is 3.83. The number of hydrogen-bond acceptors (Lipinski definition) is 6. The molecule has 0 saturated heterocycles. The molecule has 9 nitrogen and oxygen atoms in total. The van der Waals surface area contributed by atoms with Gasteiger partial charge in [0.2, 0.25) is 0 Å². The van der Waals surface area contributed by atoms with Crippen LogP contribution in [0.4, 0.5) is 10.5 Å². The van der Waals surface area contributed by atoms with Crippen molar-refractivity contribution in [3.63, 3.8) is 0 Å². The van der Waals surface area contributed by atoms with E-state index in [0.29, 0.717) is 29.4 Å². The second-order valence-electron chi connectivity index (χ2n) is 5.54. The zero-order chi connectivity index (χ0) is 18.5. The van der Waals surface area contributed by atoms with Crippen molar-refractivity contribution in [2.24, 2.45) is 0 Å². The zero-order valence-electron chi connectivity index (χ0n) is 14.1. The second kappa shape index (κ2) is 7.70. The number of aromatic nitrogens is 1. The summed E-state index contributed by atoms with van der Waals surface area (Å²) >= 11 is 0. The molecule has 3 amide bonds. The molecule has 136 valence electrons. The molecule has 1 aromatic heterocycles. The summed E-state index contributed by atoms with van der Waals surface area (Å²) in [5, 5.41) is 11.5. The molecule has 0 radical (unpaired) electrons. The molecule has 0 fully saturated rings. The highest BCUT2D eigenvalue weighted by Crippen LogP contribution is 2.23. The number of pyridine rings is 1. The number of ether oxygens (including phenoxy) is 2. The fourth-order valence-corrected chi connectivity index (χ4v) is 2.48. The van der Waals surface area contributed by atoms with Gasteiger partial charge in [-0.2, -0.15) is 0 Å². The van der Waals surface area contributed by atoms with Crippen LogP contribution in [0.25, 0.3) is 0 Å². The quantitative estimate of drug-likeness (QED) is 0.568. The lowest BCUT2D eigenvalue weighted by Gasteiger charge is -2.20. The van der Waals surface area contributed by atoms with Crippen LogP contribution in [0, 0.1) is 0 Å². The summed E-state index contributed by atoms with van der Waals surface area (Å²) in [5.74, 6) is 0.431. The number of anilines is 1. The lowest BCUT2D eigenvalue weighted by Crippen LogP contribution is -2.36. The molecule has 0 spiro atoms. The number of carbonyl (C=O) groups excluding carboxylic acids is 2. The Morgan fingerprint density at radius 1 is 1.31 bits per heavy atom. The lowest BCUT2D eigenvalue weighted by molar-refractivity contribution is 0.0705. The van der Waals surface area contributed by atoms with Crippen molar-refractivity contribution >= 4 is 17.6 Å². The van der Waals surface area contributed by atoms with Gasteiger partial charge >= 0.3 is 6.03 Å². The van der Waals surface area contributed by atoms with E-state index in [4.69, 9.17) is 14.7 Å². The molecule has 3 rings (SSSR count). The van der Waals surface area contributed by atoms with Gasteiger partial charge in [-0.05, 0) is 30.3 Å². The Morgan fingerprint density at radius 3 is 2.77 bits per heavy atom. The molecule has 0 atom stereocenters. The molecular formula is C17H18N4O5. The smallest absolute Gasteiger partial charge is 0.322 e. The third-order valence-electron chi connectivity index (χ3n) is 3.88. The molecule has 3 N–H and O–H groups in total. The number of hydroxylamine groups is 1. The molecule has 0 bridgehead atoms. The third-order valence-corrected chi connectivity index (χ3v) is 3.88. The highest BCUT2D eigenvalue weighted by atomic mass is 16.5. The maximum absolute atomic E-state index is 12.5. The number of methoxy groups -OCH3 is 1. The SMILES string of the molecule is COc1ccc(NC(=O)N2CCOc3cc(C(=O)NO)cnc3C2)cc1. The summed E-state index contributed by atoms with van der Waals surface area (Å²) in [6.45, 7) is 0.854. The van der Waals surface area contributed by atoms with Crippen LogP contribution < -0.4 is 20.3 Å². The van der Waals surface area contributed by atoms with E-state index in [-0.39, 0.29) is 24.7 Å². The number of nitrogens with one attached hydrogen (secondary N) is 2. The number of fused-ring (bicyclic) bond motifs is 1. The summed E-state index contributed by atoms with van der Waals surface area (Å²) < 4.78 is 10.7. The van der Waals surface area contributed by atoms with Gasteiger partial charge in [-0.15, -0.1) is 0 Å². The Hall–Kier alpha value is -3.33. The van der Waals surface area contributed by atoms with Crippen molar-refractivity contribution in [2.75, 3.05) is 25.6 Å². The Bertz CT molecular complexity index is 809. The van der Waals surface area contributed by atoms with Crippen LogP contribution in [0.3, 0.4) is 0 Å². The topological polar surface area (TPSA) is 113 Å². The molecule has 1 aliphatic heterocycles. The lowest BCUT2D eigenvalue weighted by atomic mass is 10.2. The maximum Gasteiger partial charge on any atom is 0.322 e. The fourth-order valence-electron chi connectivity index (χ4n) is 2.48. The van der Waals surface area contributed by atoms with E-state index >= 15 is 0 Å². The van der Waals surface area contributed by atoms with Crippen molar-refractivity contribution in [3.05, 3.63) is 47.8 Å². The molecule has 0 unspecified atom stereocenters. The van der Waals surface area contributed by atoms with Crippen LogP contribution in [-0.2, 0) is 6.54 Å². The normalized spacial score (nSPS) is 13.1. The second-order valence-corrected chi connectivity index (χ2v) is 5.54. The molecule has 0 aliphatic carbocycles. The summed E-state index contributed by atoms with van der Waals surface area (Å²) in [7, 11) is 1.57. The van der Waals surface area contributed by atoms with Gasteiger partial charge in [0, 0.05) is 11.9 Å². The first-order chi connectivity index (χ1) is 12.6. The predicted molar refractivity (Wildman–Crippen MR) is 91.4 cm³/mol. The van der Waals surface area contributed by atoms with Crippen LogP contribution >= 0.6 is 0 Å². The molecule has 0 saturated carbocycles. The van der Waals surface area contributed by atoms with Gasteiger partial charge in [-0.1, -0.05) is 0 Å². The van der Waals surface area contributed by atoms with Crippen LogP contribution in [0.15, 0.2) is 36.5 Å². The van der Waals surface area contributed by atoms with Crippen LogP contribution in [0.5, 0.6) is 11.5 Å². The van der Waals surface area contributed by atoms with E-state index in [1.54, 1.807) is 41.8 Å². The molecular weight excluding hydrogens is 340 g/mol. The van der Waals surface area contributed by atoms with E-state index in [0.717, 1.165) is 0 Å². The van der Waals surface area contributed by atoms with Gasteiger partial charge in [0.15, 0.2) is 0 Å². The molecule has 1 aromatic carbocycles. The number of urea groups is 1. The van der Waals surface area contributed by atoms with Crippen molar-refractivity contribution in [3.8, 4) is 11.5 Å². The first-order valence-electron chi connectivity index (χ1n) is 7.87. The minimum atomic E-state index is -0.678. The Balaban J connectivity index is 1.71. The number of hydrogen-bond donors (Lipinski definition) is 3. The number of rotatable bonds is 3. The van der Waals surface area contributed by atoms with E-state index in [9.17, 15) is 9.59 Å². The first-order valence-corrected chi connectivity index (χ1v) is 7.87. The molecule has 1 aliphatic rings. The largest absolute Gasteiger partial charge is 0.497 e. The first kappa shape index (κ1) is 17.5. The minimum absolute atomic E-state index is 0.169. The van der Waals surface area contributed by atoms with Gasteiger partial charge in [0.25, 0.3) is 5.91 Å². The highest BCUT2D eigenvalue weighted by Gasteiger charge is 2.22. The zero-order valence-corrected chi connectivity index (χ0v) is 14.1. The number of benzene rings is 1. The van der Waals surface area contributed by atoms with Crippen LogP contribution in [0.2, 0.25) is 0 Å². The van der Waals surface area contributed by atoms with Gasteiger partial charge in [0.1, 0.15) is 23.8 Å². The molecule has 2 heterocycles. The van der Waals surface area contributed by atoms with Gasteiger partial charge in [-0.25, -0.2) is 10.3 Å². The van der Waals surface area contributed by atoms with E-state index in [2.05, 4.69) is 10.3 Å². The summed E-state index contributed by atoms with van der Waals surface area (Å²) in [6.07, 6.45) is 1.32. The Kier molecular flexibility index (Phi) is 5.18. The monoisotopic (exact) mass is 358 g/mol. The van der Waals surface area contributed by atoms with E-state index in [1.807, 2.05) is 0 Å². The van der Waals surface area contributed by atoms with Crippen molar-refractivity contribution < 1.29 is 24.3 Å². The van der Waals surface area contributed by atoms with Crippen LogP contribution in [0.1, 0.15) is 16.1 Å². The fraction of sp³-hybridized carbons (Fsp3) is 0.235. The number of amides is 3. The van der Waals surface area contributed by atoms with Gasteiger partial charge in [-0.3, -0.25) is 15.0 Å². The summed E-state index contributed by atoms with van der Waals surface area (Å²) in [6, 6.07) is 8.20. The van der Waals surface area contributed by atoms with Crippen molar-refractivity contribution in [1.82, 2.24) is 15.4 Å². The van der Waals surface area contributed by atoms with E-state index in [1.165, 1.54) is 12.3 Å². The number of carbonyl (C=O) groups is 2. The summed E-state index contributed by atoms with van der Waals surface area (Å²) in [4.78, 5) is 29.7. The Labute approximate surface area is 149 Å². The maximum atomic E-state index is 12.5. The molecule has 9 heteroatoms. The van der Waals surface area contributed by atoms with Gasteiger partial charge < -0.3 is 19.7 Å². The van der Waals surface area contributed by atoms with Crippen molar-refractivity contribution in [2.45, 2.75) is 6.54 Å². The molecule has 2 aromatic rings. The Morgan fingerprint density at radius 2 is 2.08 bits per heavy atom. The highest BCUT2D eigenvalue weighted by molar-refractivity contribution is 5.93. The number of nitrogens with zero attached hydrogens (tertiary/aromatic N) is 2. The van der Waals surface area contributed by atoms with E-state index < -0.39 is 5.91 Å². The average Bonchev–Trinajstić information content (AvgIpc) is 2.89. The van der Waals surface area contributed by atoms with Crippen molar-refractivity contribution in [1.29, 1.82) is 0 Å². The minimum Gasteiger partial charge on any atom is -0.497 e.